The van der Waals surface area contributed by atoms with E-state index >= 15 is 0 Å². The molecule has 8 nitrogen and oxygen atoms in total. The molecule has 12 heteroatoms. The number of aliphatic carboxylic acids is 1. The summed E-state index contributed by atoms with van der Waals surface area (Å²) in [4.78, 5) is 24.0. The normalized spacial score (nSPS) is 19.0. The van der Waals surface area contributed by atoms with Crippen molar-refractivity contribution in [3.8, 4) is 0 Å². The fourth-order valence-electron chi connectivity index (χ4n) is 4.52. The van der Waals surface area contributed by atoms with Crippen LogP contribution in [0.5, 0.6) is 0 Å². The molecule has 5 rings (SSSR count). The molecule has 2 unspecified atom stereocenters. The van der Waals surface area contributed by atoms with Crippen LogP contribution in [0.2, 0.25) is 0 Å². The second kappa shape index (κ2) is 10.4. The van der Waals surface area contributed by atoms with Gasteiger partial charge in [0.15, 0.2) is 0 Å². The number of fused-ring (bicyclic) bond motifs is 2. The van der Waals surface area contributed by atoms with Gasteiger partial charge in [0.2, 0.25) is 5.82 Å². The number of carbonyl (C=O) groups excluding carboxylic acids is 1. The maximum absolute atomic E-state index is 13.5. The molecule has 0 radical (unpaired) electrons. The first-order valence-corrected chi connectivity index (χ1v) is 11.2. The zero-order chi connectivity index (χ0) is 25.9. The van der Waals surface area contributed by atoms with Gasteiger partial charge >= 0.3 is 12.1 Å². The predicted molar refractivity (Wildman–Crippen MR) is 120 cm³/mol. The SMILES string of the molecule is O=C(Nc1ccccc1)c1nnc2n1CC1CN(Cc3cccc(F)c3)CC1C2.O=C(O)C(F)(F)F. The van der Waals surface area contributed by atoms with E-state index in [0.29, 0.717) is 17.7 Å². The third-order valence-electron chi connectivity index (χ3n) is 6.11. The minimum atomic E-state index is -5.08. The molecule has 1 aromatic heterocycles. The van der Waals surface area contributed by atoms with Gasteiger partial charge in [0, 0.05) is 38.3 Å². The van der Waals surface area contributed by atoms with E-state index in [-0.39, 0.29) is 11.7 Å². The average Bonchev–Trinajstić information content (AvgIpc) is 3.40. The number of benzene rings is 2. The number of anilines is 1. The van der Waals surface area contributed by atoms with Crippen LogP contribution in [0.1, 0.15) is 22.0 Å². The Morgan fingerprint density at radius 1 is 1.00 bits per heavy atom. The van der Waals surface area contributed by atoms with E-state index in [1.165, 1.54) is 6.07 Å². The van der Waals surface area contributed by atoms with Crippen molar-refractivity contribution in [2.75, 3.05) is 18.4 Å². The van der Waals surface area contributed by atoms with E-state index in [2.05, 4.69) is 20.4 Å². The van der Waals surface area contributed by atoms with Gasteiger partial charge in [0.1, 0.15) is 11.6 Å². The average molecular weight is 505 g/mol. The third kappa shape index (κ3) is 6.06. The first-order chi connectivity index (χ1) is 17.1. The molecule has 2 N–H and O–H groups in total. The minimum Gasteiger partial charge on any atom is -0.475 e. The van der Waals surface area contributed by atoms with Crippen molar-refractivity contribution in [3.05, 3.63) is 77.6 Å². The van der Waals surface area contributed by atoms with Gasteiger partial charge < -0.3 is 15.0 Å². The largest absolute Gasteiger partial charge is 0.490 e. The van der Waals surface area contributed by atoms with Gasteiger partial charge in [0.25, 0.3) is 5.91 Å². The lowest BCUT2D eigenvalue weighted by molar-refractivity contribution is -0.192. The van der Waals surface area contributed by atoms with Gasteiger partial charge in [-0.25, -0.2) is 9.18 Å². The summed E-state index contributed by atoms with van der Waals surface area (Å²) >= 11 is 0. The molecule has 0 aliphatic carbocycles. The number of rotatable bonds is 4. The standard InChI is InChI=1S/C22H22FN5O.C2HF3O2/c23-18-6-4-5-15(9-18)11-27-12-16-10-20-25-26-21(28(20)14-17(16)13-27)22(29)24-19-7-2-1-3-8-19;3-2(4,5)1(6)7/h1-9,16-17H,10-14H2,(H,24,29);(H,6,7). The van der Waals surface area contributed by atoms with Crippen molar-refractivity contribution >= 4 is 17.6 Å². The summed E-state index contributed by atoms with van der Waals surface area (Å²) in [5.74, 6) is -1.02. The smallest absolute Gasteiger partial charge is 0.475 e. The zero-order valence-corrected chi connectivity index (χ0v) is 19.0. The molecule has 36 heavy (non-hydrogen) atoms. The summed E-state index contributed by atoms with van der Waals surface area (Å²) < 4.78 is 47.2. The maximum Gasteiger partial charge on any atom is 0.490 e. The molecule has 0 saturated carbocycles. The molecule has 190 valence electrons. The number of carboxylic acids is 1. The van der Waals surface area contributed by atoms with Crippen LogP contribution < -0.4 is 5.32 Å². The van der Waals surface area contributed by atoms with Crippen molar-refractivity contribution in [3.63, 3.8) is 0 Å². The topological polar surface area (TPSA) is 100 Å². The number of para-hydroxylation sites is 1. The van der Waals surface area contributed by atoms with Gasteiger partial charge in [-0.15, -0.1) is 10.2 Å². The quantitative estimate of drug-likeness (QED) is 0.526. The number of amides is 1. The first kappa shape index (κ1) is 25.3. The lowest BCUT2D eigenvalue weighted by atomic mass is 9.89. The molecule has 0 bridgehead atoms. The highest BCUT2D eigenvalue weighted by molar-refractivity contribution is 6.01. The number of aromatic nitrogens is 3. The second-order valence-electron chi connectivity index (χ2n) is 8.72. The van der Waals surface area contributed by atoms with Crippen LogP contribution in [0.15, 0.2) is 54.6 Å². The fourth-order valence-corrected chi connectivity index (χ4v) is 4.52. The monoisotopic (exact) mass is 505 g/mol. The number of alkyl halides is 3. The summed E-state index contributed by atoms with van der Waals surface area (Å²) in [7, 11) is 0. The minimum absolute atomic E-state index is 0.195. The van der Waals surface area contributed by atoms with Crippen molar-refractivity contribution < 1.29 is 32.3 Å². The summed E-state index contributed by atoms with van der Waals surface area (Å²) in [6.45, 7) is 3.37. The Morgan fingerprint density at radius 2 is 1.69 bits per heavy atom. The van der Waals surface area contributed by atoms with E-state index in [1.807, 2.05) is 41.0 Å². The number of hydrogen-bond donors (Lipinski definition) is 2. The van der Waals surface area contributed by atoms with Crippen LogP contribution in [0.3, 0.4) is 0 Å². The van der Waals surface area contributed by atoms with E-state index in [4.69, 9.17) is 9.90 Å². The summed E-state index contributed by atoms with van der Waals surface area (Å²) in [5.41, 5.74) is 1.73. The Bertz CT molecular complexity index is 1230. The molecule has 2 aliphatic heterocycles. The fraction of sp³-hybridized carbons (Fsp3) is 0.333. The Kier molecular flexibility index (Phi) is 7.34. The highest BCUT2D eigenvalue weighted by Crippen LogP contribution is 2.33. The number of halogens is 4. The van der Waals surface area contributed by atoms with Gasteiger partial charge in [0.05, 0.1) is 0 Å². The summed E-state index contributed by atoms with van der Waals surface area (Å²) in [6.07, 6.45) is -4.27. The number of hydrogen-bond acceptors (Lipinski definition) is 5. The van der Waals surface area contributed by atoms with Crippen molar-refractivity contribution in [2.45, 2.75) is 25.7 Å². The lowest BCUT2D eigenvalue weighted by Gasteiger charge is -2.25. The predicted octanol–water partition coefficient (Wildman–Crippen LogP) is 3.61. The summed E-state index contributed by atoms with van der Waals surface area (Å²) in [6, 6.07) is 16.2. The first-order valence-electron chi connectivity index (χ1n) is 11.2. The van der Waals surface area contributed by atoms with Gasteiger partial charge in [-0.2, -0.15) is 13.2 Å². The molecule has 2 aliphatic rings. The highest BCUT2D eigenvalue weighted by atomic mass is 19.4. The number of nitrogens with zero attached hydrogens (tertiary/aromatic N) is 4. The maximum atomic E-state index is 13.5. The van der Waals surface area contributed by atoms with E-state index < -0.39 is 12.1 Å². The molecular weight excluding hydrogens is 482 g/mol. The third-order valence-corrected chi connectivity index (χ3v) is 6.11. The molecule has 3 aromatic rings. The Hall–Kier alpha value is -3.80. The van der Waals surface area contributed by atoms with E-state index in [1.54, 1.807) is 12.1 Å². The van der Waals surface area contributed by atoms with Gasteiger partial charge in [-0.05, 0) is 41.7 Å². The van der Waals surface area contributed by atoms with Gasteiger partial charge in [-0.1, -0.05) is 30.3 Å². The number of nitrogens with one attached hydrogen (secondary N) is 1. The van der Waals surface area contributed by atoms with Crippen LogP contribution in [0, 0.1) is 17.7 Å². The van der Waals surface area contributed by atoms with Gasteiger partial charge in [-0.3, -0.25) is 9.69 Å². The number of likely N-dealkylation sites (tertiary alicyclic amines) is 1. The van der Waals surface area contributed by atoms with Crippen molar-refractivity contribution in [2.24, 2.45) is 11.8 Å². The van der Waals surface area contributed by atoms with Crippen LogP contribution in [0.4, 0.5) is 23.2 Å². The zero-order valence-electron chi connectivity index (χ0n) is 19.0. The Balaban J connectivity index is 0.000000384. The molecule has 2 atom stereocenters. The number of carboxylic acid groups (broad SMARTS) is 1. The molecule has 1 amide bonds. The summed E-state index contributed by atoms with van der Waals surface area (Å²) in [5, 5.41) is 18.5. The van der Waals surface area contributed by atoms with Crippen LogP contribution in [-0.2, 0) is 24.3 Å². The molecule has 1 saturated heterocycles. The second-order valence-corrected chi connectivity index (χ2v) is 8.72. The molecule has 1 fully saturated rings. The highest BCUT2D eigenvalue weighted by Gasteiger charge is 2.39. The molecule has 3 heterocycles. The Labute approximate surface area is 203 Å². The van der Waals surface area contributed by atoms with E-state index in [9.17, 15) is 22.4 Å². The molecule has 2 aromatic carbocycles. The van der Waals surface area contributed by atoms with Crippen molar-refractivity contribution in [1.29, 1.82) is 0 Å². The lowest BCUT2D eigenvalue weighted by Crippen LogP contribution is -2.31. The molecular formula is C24H23F4N5O3. The molecule has 0 spiro atoms. The van der Waals surface area contributed by atoms with Crippen molar-refractivity contribution in [1.82, 2.24) is 19.7 Å². The number of carbonyl (C=O) groups is 2. The van der Waals surface area contributed by atoms with Crippen LogP contribution in [-0.4, -0.2) is 55.9 Å². The van der Waals surface area contributed by atoms with E-state index in [0.717, 1.165) is 49.7 Å². The van der Waals surface area contributed by atoms with Crippen LogP contribution in [0.25, 0.3) is 0 Å². The van der Waals surface area contributed by atoms with Crippen LogP contribution >= 0.6 is 0 Å². The Morgan fingerprint density at radius 3 is 2.36 bits per heavy atom.